The van der Waals surface area contributed by atoms with Crippen LogP contribution in [0.3, 0.4) is 0 Å². The molecule has 7 nitrogen and oxygen atoms in total. The van der Waals surface area contributed by atoms with Crippen molar-refractivity contribution in [3.63, 3.8) is 0 Å². The predicted molar refractivity (Wildman–Crippen MR) is 57.9 cm³/mol. The maximum atomic E-state index is 11.6. The summed E-state index contributed by atoms with van der Waals surface area (Å²) in [5, 5.41) is 9.96. The molecule has 3 N–H and O–H groups in total. The lowest BCUT2D eigenvalue weighted by molar-refractivity contribution is -0.141. The highest BCUT2D eigenvalue weighted by atomic mass is 32.2. The summed E-state index contributed by atoms with van der Waals surface area (Å²) in [7, 11) is -4.11. The lowest BCUT2D eigenvalue weighted by Gasteiger charge is -2.13. The van der Waals surface area contributed by atoms with Crippen molar-refractivity contribution >= 4 is 22.0 Å². The first-order chi connectivity index (χ1) is 7.71. The number of amides is 1. The number of hydrogen-bond donors (Lipinski definition) is 3. The molecule has 0 heterocycles. The van der Waals surface area contributed by atoms with Crippen molar-refractivity contribution in [2.75, 3.05) is 0 Å². The van der Waals surface area contributed by atoms with Gasteiger partial charge in [-0.2, -0.15) is 8.42 Å². The van der Waals surface area contributed by atoms with Crippen LogP contribution in [-0.2, 0) is 19.7 Å². The summed E-state index contributed by atoms with van der Waals surface area (Å²) < 4.78 is 30.6. The van der Waals surface area contributed by atoms with Gasteiger partial charge in [-0.1, -0.05) is 0 Å². The van der Waals surface area contributed by atoms with E-state index in [0.717, 1.165) is 0 Å². The average molecular weight is 265 g/mol. The number of carboxylic acid groups (broad SMARTS) is 1. The van der Waals surface area contributed by atoms with Gasteiger partial charge >= 0.3 is 5.97 Å². The molecule has 0 aromatic rings. The average Bonchev–Trinajstić information content (AvgIpc) is 2.65. The van der Waals surface area contributed by atoms with Gasteiger partial charge in [0, 0.05) is 5.92 Å². The zero-order valence-corrected chi connectivity index (χ0v) is 10.1. The molecule has 1 aliphatic carbocycles. The van der Waals surface area contributed by atoms with Crippen molar-refractivity contribution in [1.82, 2.24) is 5.32 Å². The first-order valence-corrected chi connectivity index (χ1v) is 6.71. The number of carboxylic acids is 1. The van der Waals surface area contributed by atoms with Gasteiger partial charge in [0.1, 0.15) is 6.04 Å². The third kappa shape index (κ3) is 3.67. The van der Waals surface area contributed by atoms with Gasteiger partial charge in [-0.3, -0.25) is 14.1 Å². The van der Waals surface area contributed by atoms with Crippen molar-refractivity contribution < 1.29 is 27.7 Å². The maximum absolute atomic E-state index is 11.6. The van der Waals surface area contributed by atoms with E-state index in [4.69, 9.17) is 9.66 Å². The highest BCUT2D eigenvalue weighted by molar-refractivity contribution is 7.86. The molecule has 8 heteroatoms. The van der Waals surface area contributed by atoms with Crippen LogP contribution in [0.4, 0.5) is 0 Å². The molecule has 1 aliphatic rings. The van der Waals surface area contributed by atoms with Crippen molar-refractivity contribution in [3.8, 4) is 0 Å². The van der Waals surface area contributed by atoms with Crippen LogP contribution in [0.5, 0.6) is 0 Å². The molecule has 0 bridgehead atoms. The smallest absolute Gasteiger partial charge is 0.325 e. The first-order valence-electron chi connectivity index (χ1n) is 5.21. The highest BCUT2D eigenvalue weighted by Gasteiger charge is 2.37. The summed E-state index contributed by atoms with van der Waals surface area (Å²) in [5.74, 6) is -2.18. The van der Waals surface area contributed by atoms with Gasteiger partial charge in [0.2, 0.25) is 5.91 Å². The molecule has 0 spiro atoms. The Morgan fingerprint density at radius 1 is 1.35 bits per heavy atom. The van der Waals surface area contributed by atoms with E-state index in [1.165, 1.54) is 6.92 Å². The number of carbonyl (C=O) groups excluding carboxylic acids is 1. The summed E-state index contributed by atoms with van der Waals surface area (Å²) in [6, 6.07) is -1.01. The Hall–Kier alpha value is -1.15. The zero-order valence-electron chi connectivity index (χ0n) is 9.29. The molecule has 0 aromatic heterocycles. The Morgan fingerprint density at radius 3 is 2.35 bits per heavy atom. The molecule has 2 unspecified atom stereocenters. The molecule has 3 atom stereocenters. The molecule has 98 valence electrons. The van der Waals surface area contributed by atoms with Crippen LogP contribution in [0.2, 0.25) is 0 Å². The molecule has 0 aliphatic heterocycles. The quantitative estimate of drug-likeness (QED) is 0.596. The van der Waals surface area contributed by atoms with Crippen LogP contribution < -0.4 is 5.32 Å². The van der Waals surface area contributed by atoms with Crippen molar-refractivity contribution in [3.05, 3.63) is 0 Å². The Balaban J connectivity index is 2.55. The fourth-order valence-electron chi connectivity index (χ4n) is 1.84. The van der Waals surface area contributed by atoms with Crippen LogP contribution in [0.15, 0.2) is 0 Å². The molecule has 17 heavy (non-hydrogen) atoms. The van der Waals surface area contributed by atoms with E-state index >= 15 is 0 Å². The molecular formula is C9H15NO6S. The lowest BCUT2D eigenvalue weighted by atomic mass is 10.1. The molecule has 1 amide bonds. The zero-order chi connectivity index (χ0) is 13.2. The second kappa shape index (κ2) is 5.01. The minimum atomic E-state index is -4.11. The molecular weight excluding hydrogens is 250 g/mol. The van der Waals surface area contributed by atoms with Crippen LogP contribution in [-0.4, -0.2) is 41.2 Å². The van der Waals surface area contributed by atoms with Crippen molar-refractivity contribution in [1.29, 1.82) is 0 Å². The third-order valence-electron chi connectivity index (χ3n) is 2.91. The summed E-state index contributed by atoms with van der Waals surface area (Å²) >= 11 is 0. The Morgan fingerprint density at radius 2 is 1.94 bits per heavy atom. The van der Waals surface area contributed by atoms with Gasteiger partial charge in [0.25, 0.3) is 10.1 Å². The number of rotatable bonds is 4. The fraction of sp³-hybridized carbons (Fsp3) is 0.778. The normalized spacial score (nSPS) is 26.5. The first kappa shape index (κ1) is 13.9. The number of hydrogen-bond acceptors (Lipinski definition) is 4. The Labute approximate surface area is 98.9 Å². The van der Waals surface area contributed by atoms with Crippen LogP contribution in [0.1, 0.15) is 26.2 Å². The van der Waals surface area contributed by atoms with Crippen LogP contribution in [0, 0.1) is 5.92 Å². The van der Waals surface area contributed by atoms with E-state index in [-0.39, 0.29) is 12.8 Å². The van der Waals surface area contributed by atoms with Crippen molar-refractivity contribution in [2.24, 2.45) is 5.92 Å². The highest BCUT2D eigenvalue weighted by Crippen LogP contribution is 2.30. The van der Waals surface area contributed by atoms with Gasteiger partial charge < -0.3 is 10.4 Å². The maximum Gasteiger partial charge on any atom is 0.325 e. The molecule has 1 rings (SSSR count). The molecule has 0 radical (unpaired) electrons. The largest absolute Gasteiger partial charge is 0.480 e. The monoisotopic (exact) mass is 265 g/mol. The topological polar surface area (TPSA) is 121 Å². The number of nitrogens with one attached hydrogen (secondary N) is 1. The van der Waals surface area contributed by atoms with Gasteiger partial charge in [0.05, 0.1) is 5.25 Å². The van der Waals surface area contributed by atoms with Gasteiger partial charge in [0.15, 0.2) is 0 Å². The van der Waals surface area contributed by atoms with E-state index in [2.05, 4.69) is 5.32 Å². The molecule has 0 aromatic carbocycles. The fourth-order valence-corrected chi connectivity index (χ4v) is 2.75. The van der Waals surface area contributed by atoms with Crippen LogP contribution >= 0.6 is 0 Å². The van der Waals surface area contributed by atoms with E-state index in [1.54, 1.807) is 0 Å². The Bertz CT molecular complexity index is 417. The van der Waals surface area contributed by atoms with E-state index < -0.39 is 39.2 Å². The van der Waals surface area contributed by atoms with E-state index in [9.17, 15) is 18.0 Å². The number of aliphatic carboxylic acids is 1. The van der Waals surface area contributed by atoms with Crippen molar-refractivity contribution in [2.45, 2.75) is 37.5 Å². The molecule has 1 fully saturated rings. The standard InChI is InChI=1S/C9H15NO6S/c1-5(9(12)13)10-8(11)6-2-3-7(4-6)17(14,15)16/h5-7H,2-4H2,1H3,(H,10,11)(H,12,13)(H,14,15,16)/t5-,6?,7?/m0/s1. The minimum absolute atomic E-state index is 0.0387. The van der Waals surface area contributed by atoms with Gasteiger partial charge in [-0.25, -0.2) is 0 Å². The summed E-state index contributed by atoms with van der Waals surface area (Å²) in [6.07, 6.45) is 0.595. The Kier molecular flexibility index (Phi) is 4.10. The summed E-state index contributed by atoms with van der Waals surface area (Å²) in [6.45, 7) is 1.33. The van der Waals surface area contributed by atoms with E-state index in [1.807, 2.05) is 0 Å². The summed E-state index contributed by atoms with van der Waals surface area (Å²) in [5.41, 5.74) is 0. The van der Waals surface area contributed by atoms with E-state index in [0.29, 0.717) is 6.42 Å². The third-order valence-corrected chi connectivity index (χ3v) is 4.18. The predicted octanol–water partition coefficient (Wildman–Crippen LogP) is -0.368. The molecule has 1 saturated carbocycles. The lowest BCUT2D eigenvalue weighted by Crippen LogP contribution is -2.41. The van der Waals surface area contributed by atoms with Gasteiger partial charge in [-0.05, 0) is 26.2 Å². The second-order valence-corrected chi connectivity index (χ2v) is 5.91. The van der Waals surface area contributed by atoms with Gasteiger partial charge in [-0.15, -0.1) is 0 Å². The molecule has 0 saturated heterocycles. The number of carbonyl (C=O) groups is 2. The summed E-state index contributed by atoms with van der Waals surface area (Å²) in [4.78, 5) is 22.1. The van der Waals surface area contributed by atoms with Crippen LogP contribution in [0.25, 0.3) is 0 Å². The second-order valence-electron chi connectivity index (χ2n) is 4.22. The minimum Gasteiger partial charge on any atom is -0.480 e. The SMILES string of the molecule is C[C@H](NC(=O)C1CCC(S(=O)(=O)O)C1)C(=O)O.